The largest absolute Gasteiger partial charge is 0.368 e. The van der Waals surface area contributed by atoms with Crippen LogP contribution in [0, 0.1) is 13.8 Å². The van der Waals surface area contributed by atoms with Crippen LogP contribution < -0.4 is 4.90 Å². The molecule has 1 fully saturated rings. The van der Waals surface area contributed by atoms with Crippen molar-refractivity contribution in [3.8, 4) is 0 Å². The van der Waals surface area contributed by atoms with Gasteiger partial charge < -0.3 is 9.80 Å². The van der Waals surface area contributed by atoms with Gasteiger partial charge in [0.15, 0.2) is 0 Å². The van der Waals surface area contributed by atoms with Crippen LogP contribution in [0.2, 0.25) is 0 Å². The van der Waals surface area contributed by atoms with Gasteiger partial charge in [-0.15, -0.1) is 0 Å². The van der Waals surface area contributed by atoms with Crippen LogP contribution in [-0.2, 0) is 6.42 Å². The number of carbonyl (C=O) groups is 1. The van der Waals surface area contributed by atoms with Crippen LogP contribution in [0.25, 0.3) is 5.65 Å². The van der Waals surface area contributed by atoms with Crippen LogP contribution in [0.3, 0.4) is 0 Å². The zero-order valence-electron chi connectivity index (χ0n) is 16.3. The van der Waals surface area contributed by atoms with Crippen molar-refractivity contribution >= 4 is 17.2 Å². The summed E-state index contributed by atoms with van der Waals surface area (Å²) in [5.74, 6) is 0.0915. The average Bonchev–Trinajstić information content (AvgIpc) is 3.05. The normalized spacial score (nSPS) is 14.8. The lowest BCUT2D eigenvalue weighted by molar-refractivity contribution is 0.0738. The highest BCUT2D eigenvalue weighted by Gasteiger charge is 2.27. The van der Waals surface area contributed by atoms with E-state index >= 15 is 0 Å². The van der Waals surface area contributed by atoms with Crippen LogP contribution in [0.4, 0.5) is 5.69 Å². The third kappa shape index (κ3) is 3.29. The number of aromatic nitrogens is 2. The number of hydrogen-bond acceptors (Lipinski definition) is 3. The molecule has 0 saturated carbocycles. The minimum Gasteiger partial charge on any atom is -0.368 e. The number of imidazole rings is 1. The number of amides is 1. The smallest absolute Gasteiger partial charge is 0.272 e. The Bertz CT molecular complexity index is 983. The fraction of sp³-hybridized carbons (Fsp3) is 0.364. The molecule has 3 aromatic rings. The van der Waals surface area contributed by atoms with Crippen LogP contribution in [0.5, 0.6) is 0 Å². The molecule has 3 heterocycles. The molecule has 0 spiro atoms. The molecule has 1 aliphatic rings. The molecule has 1 aromatic carbocycles. The molecule has 0 radical (unpaired) electrons. The van der Waals surface area contributed by atoms with E-state index in [9.17, 15) is 4.79 Å². The van der Waals surface area contributed by atoms with Crippen molar-refractivity contribution in [1.82, 2.24) is 14.3 Å². The van der Waals surface area contributed by atoms with Crippen molar-refractivity contribution in [2.45, 2.75) is 27.2 Å². The number of carbonyl (C=O) groups excluding carboxylic acids is 1. The van der Waals surface area contributed by atoms with Crippen molar-refractivity contribution < 1.29 is 4.79 Å². The van der Waals surface area contributed by atoms with E-state index in [1.165, 1.54) is 11.3 Å². The van der Waals surface area contributed by atoms with E-state index in [0.29, 0.717) is 0 Å². The lowest BCUT2D eigenvalue weighted by atomic mass is 10.1. The van der Waals surface area contributed by atoms with E-state index in [-0.39, 0.29) is 5.91 Å². The van der Waals surface area contributed by atoms with Crippen molar-refractivity contribution in [2.75, 3.05) is 31.1 Å². The molecule has 0 aliphatic carbocycles. The van der Waals surface area contributed by atoms with Crippen molar-refractivity contribution in [3.05, 3.63) is 65.1 Å². The van der Waals surface area contributed by atoms with Crippen molar-refractivity contribution in [2.24, 2.45) is 0 Å². The Labute approximate surface area is 160 Å². The Hall–Kier alpha value is -2.82. The van der Waals surface area contributed by atoms with Gasteiger partial charge in [-0.1, -0.05) is 25.1 Å². The summed E-state index contributed by atoms with van der Waals surface area (Å²) in [6.07, 6.45) is 2.77. The van der Waals surface area contributed by atoms with Crippen molar-refractivity contribution in [1.29, 1.82) is 0 Å². The average molecular weight is 362 g/mol. The number of aryl methyl sites for hydroxylation is 3. The van der Waals surface area contributed by atoms with Gasteiger partial charge in [-0.2, -0.15) is 0 Å². The maximum Gasteiger partial charge on any atom is 0.272 e. The van der Waals surface area contributed by atoms with E-state index in [2.05, 4.69) is 48.0 Å². The summed E-state index contributed by atoms with van der Waals surface area (Å²) < 4.78 is 1.96. The fourth-order valence-electron chi connectivity index (χ4n) is 3.81. The summed E-state index contributed by atoms with van der Waals surface area (Å²) >= 11 is 0. The molecule has 27 heavy (non-hydrogen) atoms. The monoisotopic (exact) mass is 362 g/mol. The Morgan fingerprint density at radius 1 is 1.04 bits per heavy atom. The predicted molar refractivity (Wildman–Crippen MR) is 109 cm³/mol. The Balaban J connectivity index is 1.56. The highest BCUT2D eigenvalue weighted by atomic mass is 16.2. The summed E-state index contributed by atoms with van der Waals surface area (Å²) in [6.45, 7) is 9.38. The lowest BCUT2D eigenvalue weighted by Gasteiger charge is -2.36. The topological polar surface area (TPSA) is 40.9 Å². The maximum absolute atomic E-state index is 13.3. The molecular weight excluding hydrogens is 336 g/mol. The Morgan fingerprint density at radius 2 is 1.81 bits per heavy atom. The van der Waals surface area contributed by atoms with Gasteiger partial charge in [0.1, 0.15) is 11.3 Å². The van der Waals surface area contributed by atoms with Gasteiger partial charge in [-0.25, -0.2) is 4.98 Å². The van der Waals surface area contributed by atoms with Crippen LogP contribution >= 0.6 is 0 Å². The predicted octanol–water partition coefficient (Wildman–Crippen LogP) is 3.48. The number of piperazine rings is 1. The number of pyridine rings is 1. The van der Waals surface area contributed by atoms with E-state index < -0.39 is 0 Å². The van der Waals surface area contributed by atoms with Gasteiger partial charge >= 0.3 is 0 Å². The summed E-state index contributed by atoms with van der Waals surface area (Å²) in [6, 6.07) is 12.6. The molecule has 2 aromatic heterocycles. The number of benzene rings is 1. The molecule has 4 rings (SSSR count). The van der Waals surface area contributed by atoms with Crippen molar-refractivity contribution in [3.63, 3.8) is 0 Å². The van der Waals surface area contributed by atoms with Crippen LogP contribution in [0.1, 0.15) is 34.2 Å². The molecule has 1 amide bonds. The fourth-order valence-corrected chi connectivity index (χ4v) is 3.81. The second-order valence-corrected chi connectivity index (χ2v) is 7.31. The molecule has 0 N–H and O–H groups in total. The minimum atomic E-state index is 0.0915. The molecule has 5 heteroatoms. The third-order valence-corrected chi connectivity index (χ3v) is 5.31. The first-order chi connectivity index (χ1) is 13.1. The highest BCUT2D eigenvalue weighted by Crippen LogP contribution is 2.21. The summed E-state index contributed by atoms with van der Waals surface area (Å²) in [7, 11) is 0. The Morgan fingerprint density at radius 3 is 2.52 bits per heavy atom. The summed E-state index contributed by atoms with van der Waals surface area (Å²) in [4.78, 5) is 22.3. The second kappa shape index (κ2) is 7.06. The molecular formula is C22H26N4O. The zero-order chi connectivity index (χ0) is 19.0. The Kier molecular flexibility index (Phi) is 4.60. The molecule has 0 atom stereocenters. The van der Waals surface area contributed by atoms with Crippen LogP contribution in [-0.4, -0.2) is 46.4 Å². The molecule has 140 valence electrons. The molecule has 0 bridgehead atoms. The molecule has 1 saturated heterocycles. The van der Waals surface area contributed by atoms with E-state index in [1.807, 2.05) is 34.6 Å². The summed E-state index contributed by atoms with van der Waals surface area (Å²) in [5, 5.41) is 0. The number of anilines is 1. The number of fused-ring (bicyclic) bond motifs is 1. The number of rotatable bonds is 3. The van der Waals surface area contributed by atoms with Gasteiger partial charge in [0.25, 0.3) is 5.91 Å². The van der Waals surface area contributed by atoms with Gasteiger partial charge in [-0.3, -0.25) is 9.20 Å². The number of hydrogen-bond donors (Lipinski definition) is 0. The van der Waals surface area contributed by atoms with Gasteiger partial charge in [0, 0.05) is 38.1 Å². The summed E-state index contributed by atoms with van der Waals surface area (Å²) in [5.41, 5.74) is 6.08. The highest BCUT2D eigenvalue weighted by molar-refractivity contribution is 5.95. The molecule has 0 unspecified atom stereocenters. The zero-order valence-corrected chi connectivity index (χ0v) is 16.3. The van der Waals surface area contributed by atoms with Gasteiger partial charge in [0.2, 0.25) is 0 Å². The first-order valence-electron chi connectivity index (χ1n) is 9.65. The lowest BCUT2D eigenvalue weighted by Crippen LogP contribution is -2.49. The molecule has 5 nitrogen and oxygen atoms in total. The van der Waals surface area contributed by atoms with E-state index in [4.69, 9.17) is 0 Å². The minimum absolute atomic E-state index is 0.0915. The first-order valence-corrected chi connectivity index (χ1v) is 9.65. The SMILES string of the molecule is CCc1nc2ccc(C)cn2c1C(=O)N1CCN(c2cccc(C)c2)CC1. The second-order valence-electron chi connectivity index (χ2n) is 7.31. The van der Waals surface area contributed by atoms with E-state index in [1.54, 1.807) is 0 Å². The quantitative estimate of drug-likeness (QED) is 0.716. The van der Waals surface area contributed by atoms with Gasteiger partial charge in [0.05, 0.1) is 5.69 Å². The third-order valence-electron chi connectivity index (χ3n) is 5.31. The standard InChI is InChI=1S/C22H26N4O/c1-4-19-21(26-15-17(3)8-9-20(26)23-19)22(27)25-12-10-24(11-13-25)18-7-5-6-16(2)14-18/h5-9,14-15H,4,10-13H2,1-3H3. The van der Waals surface area contributed by atoms with E-state index in [0.717, 1.165) is 55.2 Å². The number of nitrogens with zero attached hydrogens (tertiary/aromatic N) is 4. The van der Waals surface area contributed by atoms with Gasteiger partial charge in [-0.05, 0) is 49.6 Å². The maximum atomic E-state index is 13.3. The molecule has 1 aliphatic heterocycles. The first kappa shape index (κ1) is 17.6. The van der Waals surface area contributed by atoms with Crippen LogP contribution in [0.15, 0.2) is 42.6 Å².